The van der Waals surface area contributed by atoms with Crippen LogP contribution in [0.25, 0.3) is 0 Å². The number of ether oxygens (including phenoxy) is 1. The normalized spacial score (nSPS) is 24.7. The third-order valence-electron chi connectivity index (χ3n) is 4.75. The van der Waals surface area contributed by atoms with Gasteiger partial charge in [0.15, 0.2) is 0 Å². The van der Waals surface area contributed by atoms with Crippen molar-refractivity contribution in [3.63, 3.8) is 0 Å². The lowest BCUT2D eigenvalue weighted by atomic mass is 9.97. The second-order valence-electron chi connectivity index (χ2n) is 7.85. The molecule has 0 aromatic rings. The monoisotopic (exact) mass is 311 g/mol. The molecule has 128 valence electrons. The molecule has 1 atom stereocenters. The molecule has 1 amide bonds. The standard InChI is InChI=1S/C17H33N3O2/c1-17(2,3)22-16(21)20-10-7-14(8-11-20)12-18-13-15-6-5-9-19(15)4/h14-15,18H,5-13H2,1-4H3. The molecule has 2 aliphatic rings. The molecule has 0 aliphatic carbocycles. The summed E-state index contributed by atoms with van der Waals surface area (Å²) >= 11 is 0. The smallest absolute Gasteiger partial charge is 0.410 e. The van der Waals surface area contributed by atoms with Crippen LogP contribution in [0, 0.1) is 5.92 Å². The van der Waals surface area contributed by atoms with Crippen molar-refractivity contribution >= 4 is 6.09 Å². The van der Waals surface area contributed by atoms with E-state index in [0.717, 1.165) is 39.0 Å². The fourth-order valence-corrected chi connectivity index (χ4v) is 3.34. The highest BCUT2D eigenvalue weighted by Crippen LogP contribution is 2.19. The third kappa shape index (κ3) is 5.43. The van der Waals surface area contributed by atoms with Gasteiger partial charge in [-0.25, -0.2) is 4.79 Å². The summed E-state index contributed by atoms with van der Waals surface area (Å²) in [5.74, 6) is 0.686. The van der Waals surface area contributed by atoms with E-state index in [-0.39, 0.29) is 6.09 Å². The van der Waals surface area contributed by atoms with Gasteiger partial charge in [-0.1, -0.05) is 0 Å². The molecule has 2 aliphatic heterocycles. The van der Waals surface area contributed by atoms with Gasteiger partial charge >= 0.3 is 6.09 Å². The minimum absolute atomic E-state index is 0.161. The Labute approximate surface area is 135 Å². The summed E-state index contributed by atoms with van der Waals surface area (Å²) in [4.78, 5) is 16.3. The van der Waals surface area contributed by atoms with E-state index in [2.05, 4.69) is 17.3 Å². The molecule has 0 bridgehead atoms. The van der Waals surface area contributed by atoms with Crippen molar-refractivity contribution in [1.82, 2.24) is 15.1 Å². The molecule has 2 saturated heterocycles. The van der Waals surface area contributed by atoms with Gasteiger partial charge in [0.25, 0.3) is 0 Å². The van der Waals surface area contributed by atoms with Crippen molar-refractivity contribution in [2.24, 2.45) is 5.92 Å². The SMILES string of the molecule is CN1CCCC1CNCC1CCN(C(=O)OC(C)(C)C)CC1. The fraction of sp³-hybridized carbons (Fsp3) is 0.941. The van der Waals surface area contributed by atoms with E-state index in [0.29, 0.717) is 12.0 Å². The second-order valence-corrected chi connectivity index (χ2v) is 7.85. The minimum atomic E-state index is -0.400. The fourth-order valence-electron chi connectivity index (χ4n) is 3.34. The molecule has 0 radical (unpaired) electrons. The Kier molecular flexibility index (Phi) is 6.09. The highest BCUT2D eigenvalue weighted by Gasteiger charge is 2.27. The van der Waals surface area contributed by atoms with Gasteiger partial charge in [0, 0.05) is 25.7 Å². The molecule has 0 aromatic heterocycles. The van der Waals surface area contributed by atoms with Crippen LogP contribution in [-0.4, -0.2) is 67.3 Å². The predicted octanol–water partition coefficient (Wildman–Crippen LogP) is 2.32. The lowest BCUT2D eigenvalue weighted by Gasteiger charge is -2.33. The summed E-state index contributed by atoms with van der Waals surface area (Å²) in [6.07, 6.45) is 4.64. The summed E-state index contributed by atoms with van der Waals surface area (Å²) in [7, 11) is 2.22. The molecule has 1 unspecified atom stereocenters. The van der Waals surface area contributed by atoms with Crippen LogP contribution in [0.5, 0.6) is 0 Å². The molecule has 0 spiro atoms. The molecule has 5 nitrogen and oxygen atoms in total. The van der Waals surface area contributed by atoms with Crippen LogP contribution in [0.3, 0.4) is 0 Å². The molecule has 2 heterocycles. The Morgan fingerprint density at radius 3 is 2.36 bits per heavy atom. The Hall–Kier alpha value is -0.810. The highest BCUT2D eigenvalue weighted by atomic mass is 16.6. The Bertz CT molecular complexity index is 359. The average Bonchev–Trinajstić information content (AvgIpc) is 2.83. The number of nitrogens with one attached hydrogen (secondary N) is 1. The number of hydrogen-bond donors (Lipinski definition) is 1. The topological polar surface area (TPSA) is 44.8 Å². The van der Waals surface area contributed by atoms with E-state index in [4.69, 9.17) is 4.74 Å². The molecule has 2 fully saturated rings. The molecule has 5 heteroatoms. The van der Waals surface area contributed by atoms with Gasteiger partial charge in [-0.05, 0) is 72.5 Å². The predicted molar refractivity (Wildman–Crippen MR) is 89.1 cm³/mol. The molecule has 2 rings (SSSR count). The van der Waals surface area contributed by atoms with Crippen molar-refractivity contribution in [2.75, 3.05) is 39.8 Å². The Morgan fingerprint density at radius 2 is 1.82 bits per heavy atom. The molecule has 22 heavy (non-hydrogen) atoms. The molecule has 1 N–H and O–H groups in total. The number of rotatable bonds is 4. The van der Waals surface area contributed by atoms with E-state index in [1.54, 1.807) is 0 Å². The van der Waals surface area contributed by atoms with Crippen molar-refractivity contribution in [3.05, 3.63) is 0 Å². The van der Waals surface area contributed by atoms with Crippen LogP contribution in [0.4, 0.5) is 4.79 Å². The number of amides is 1. The van der Waals surface area contributed by atoms with Crippen LogP contribution < -0.4 is 5.32 Å². The first kappa shape index (κ1) is 17.5. The molecule has 0 saturated carbocycles. The summed E-state index contributed by atoms with van der Waals surface area (Å²) in [5.41, 5.74) is -0.400. The molecular weight excluding hydrogens is 278 g/mol. The lowest BCUT2D eigenvalue weighted by Crippen LogP contribution is -2.44. The maximum absolute atomic E-state index is 12.0. The number of carbonyl (C=O) groups is 1. The number of carbonyl (C=O) groups excluding carboxylic acids is 1. The maximum Gasteiger partial charge on any atom is 0.410 e. The number of likely N-dealkylation sites (tertiary alicyclic amines) is 2. The van der Waals surface area contributed by atoms with Gasteiger partial charge in [0.2, 0.25) is 0 Å². The Morgan fingerprint density at radius 1 is 1.14 bits per heavy atom. The highest BCUT2D eigenvalue weighted by molar-refractivity contribution is 5.68. The van der Waals surface area contributed by atoms with Gasteiger partial charge in [-0.15, -0.1) is 0 Å². The first-order valence-electron chi connectivity index (χ1n) is 8.74. The number of likely N-dealkylation sites (N-methyl/N-ethyl adjacent to an activating group) is 1. The summed E-state index contributed by atoms with van der Waals surface area (Å²) in [6.45, 7) is 10.8. The van der Waals surface area contributed by atoms with Crippen molar-refractivity contribution in [2.45, 2.75) is 58.1 Å². The van der Waals surface area contributed by atoms with Gasteiger partial charge in [0.1, 0.15) is 5.60 Å². The zero-order chi connectivity index (χ0) is 16.2. The van der Waals surface area contributed by atoms with E-state index in [9.17, 15) is 4.79 Å². The average molecular weight is 311 g/mol. The van der Waals surface area contributed by atoms with Gasteiger partial charge in [-0.2, -0.15) is 0 Å². The second kappa shape index (κ2) is 7.64. The van der Waals surface area contributed by atoms with Crippen molar-refractivity contribution in [1.29, 1.82) is 0 Å². The van der Waals surface area contributed by atoms with E-state index >= 15 is 0 Å². The summed E-state index contributed by atoms with van der Waals surface area (Å²) in [5, 5.41) is 3.63. The maximum atomic E-state index is 12.0. The van der Waals surface area contributed by atoms with Crippen molar-refractivity contribution in [3.8, 4) is 0 Å². The zero-order valence-corrected chi connectivity index (χ0v) is 14.7. The van der Waals surface area contributed by atoms with Crippen LogP contribution in [0.2, 0.25) is 0 Å². The van der Waals surface area contributed by atoms with Crippen LogP contribution >= 0.6 is 0 Å². The van der Waals surface area contributed by atoms with Gasteiger partial charge in [0.05, 0.1) is 0 Å². The number of hydrogen-bond acceptors (Lipinski definition) is 4. The quantitative estimate of drug-likeness (QED) is 0.865. The van der Waals surface area contributed by atoms with E-state index in [1.165, 1.54) is 19.4 Å². The zero-order valence-electron chi connectivity index (χ0n) is 14.7. The van der Waals surface area contributed by atoms with E-state index in [1.807, 2.05) is 25.7 Å². The van der Waals surface area contributed by atoms with Crippen molar-refractivity contribution < 1.29 is 9.53 Å². The molecule has 0 aromatic carbocycles. The lowest BCUT2D eigenvalue weighted by molar-refractivity contribution is 0.0184. The number of nitrogens with zero attached hydrogens (tertiary/aromatic N) is 2. The molecular formula is C17H33N3O2. The first-order valence-corrected chi connectivity index (χ1v) is 8.74. The van der Waals surface area contributed by atoms with Crippen LogP contribution in [0.1, 0.15) is 46.5 Å². The van der Waals surface area contributed by atoms with Gasteiger partial charge in [-0.3, -0.25) is 0 Å². The number of piperidine rings is 1. The van der Waals surface area contributed by atoms with Gasteiger partial charge < -0.3 is 19.9 Å². The van der Waals surface area contributed by atoms with Crippen LogP contribution in [-0.2, 0) is 4.74 Å². The summed E-state index contributed by atoms with van der Waals surface area (Å²) in [6, 6.07) is 0.710. The van der Waals surface area contributed by atoms with Crippen LogP contribution in [0.15, 0.2) is 0 Å². The first-order chi connectivity index (χ1) is 10.3. The Balaban J connectivity index is 1.61. The largest absolute Gasteiger partial charge is 0.444 e. The van der Waals surface area contributed by atoms with E-state index < -0.39 is 5.60 Å². The third-order valence-corrected chi connectivity index (χ3v) is 4.75. The minimum Gasteiger partial charge on any atom is -0.444 e. The summed E-state index contributed by atoms with van der Waals surface area (Å²) < 4.78 is 5.44.